The molecular formula is C26H34O10. The van der Waals surface area contributed by atoms with Crippen LogP contribution in [0.1, 0.15) is 26.7 Å². The molecule has 1 saturated heterocycles. The average molecular weight is 507 g/mol. The fourth-order valence-electron chi connectivity index (χ4n) is 3.75. The number of fused-ring (bicyclic) bond motifs is 1. The molecule has 5 atom stereocenters. The molecule has 0 aliphatic carbocycles. The van der Waals surface area contributed by atoms with Gasteiger partial charge in [0.25, 0.3) is 0 Å². The molecule has 5 unspecified atom stereocenters. The summed E-state index contributed by atoms with van der Waals surface area (Å²) < 4.78 is 27.3. The SMILES string of the molecule is COc1cc2ccc(=O)oc2cc1OCC=C(C)CCC=C(C)COC1OC(CO)C(O)C(O)C1O. The number of allylic oxidation sites excluding steroid dienone is 2. The van der Waals surface area contributed by atoms with E-state index in [1.165, 1.54) is 6.07 Å². The predicted molar refractivity (Wildman–Crippen MR) is 131 cm³/mol. The van der Waals surface area contributed by atoms with Crippen molar-refractivity contribution < 1.29 is 43.8 Å². The fraction of sp³-hybridized carbons (Fsp3) is 0.500. The third kappa shape index (κ3) is 7.16. The summed E-state index contributed by atoms with van der Waals surface area (Å²) in [6.45, 7) is 3.84. The van der Waals surface area contributed by atoms with E-state index in [0.29, 0.717) is 23.7 Å². The zero-order valence-corrected chi connectivity index (χ0v) is 20.6. The highest BCUT2D eigenvalue weighted by Gasteiger charge is 2.43. The van der Waals surface area contributed by atoms with Crippen LogP contribution in [0.15, 0.2) is 56.8 Å². The summed E-state index contributed by atoms with van der Waals surface area (Å²) in [5, 5.41) is 39.7. The topological polar surface area (TPSA) is 148 Å². The number of benzene rings is 1. The smallest absolute Gasteiger partial charge is 0.336 e. The first-order chi connectivity index (χ1) is 17.2. The molecule has 0 radical (unpaired) electrons. The van der Waals surface area contributed by atoms with Gasteiger partial charge in [0.2, 0.25) is 0 Å². The highest BCUT2D eigenvalue weighted by molar-refractivity contribution is 5.80. The Morgan fingerprint density at radius 1 is 1.03 bits per heavy atom. The second-order valence-electron chi connectivity index (χ2n) is 8.75. The monoisotopic (exact) mass is 506 g/mol. The third-order valence-corrected chi connectivity index (χ3v) is 5.93. The summed E-state index contributed by atoms with van der Waals surface area (Å²) in [4.78, 5) is 11.5. The van der Waals surface area contributed by atoms with E-state index in [1.54, 1.807) is 25.3 Å². The molecule has 1 aliphatic rings. The van der Waals surface area contributed by atoms with Gasteiger partial charge in [-0.3, -0.25) is 0 Å². The van der Waals surface area contributed by atoms with Gasteiger partial charge in [0, 0.05) is 17.5 Å². The molecule has 4 N–H and O–H groups in total. The molecule has 1 aromatic heterocycles. The highest BCUT2D eigenvalue weighted by atomic mass is 16.7. The summed E-state index contributed by atoms with van der Waals surface area (Å²) in [5.74, 6) is 1.02. The molecule has 3 rings (SSSR count). The zero-order chi connectivity index (χ0) is 26.2. The molecule has 0 amide bonds. The van der Waals surface area contributed by atoms with Gasteiger partial charge in [-0.2, -0.15) is 0 Å². The Morgan fingerprint density at radius 3 is 2.53 bits per heavy atom. The van der Waals surface area contributed by atoms with E-state index >= 15 is 0 Å². The van der Waals surface area contributed by atoms with Gasteiger partial charge in [0.15, 0.2) is 17.8 Å². The van der Waals surface area contributed by atoms with E-state index in [-0.39, 0.29) is 6.61 Å². The lowest BCUT2D eigenvalue weighted by atomic mass is 9.99. The highest BCUT2D eigenvalue weighted by Crippen LogP contribution is 2.32. The quantitative estimate of drug-likeness (QED) is 0.262. The molecule has 10 nitrogen and oxygen atoms in total. The van der Waals surface area contributed by atoms with Crippen LogP contribution in [-0.4, -0.2) is 78.1 Å². The van der Waals surface area contributed by atoms with Crippen molar-refractivity contribution in [2.75, 3.05) is 26.9 Å². The Kier molecular flexibility index (Phi) is 10.1. The molecule has 0 spiro atoms. The molecular weight excluding hydrogens is 472 g/mol. The molecule has 1 aromatic carbocycles. The number of rotatable bonds is 11. The minimum absolute atomic E-state index is 0.159. The van der Waals surface area contributed by atoms with Gasteiger partial charge in [0.1, 0.15) is 36.6 Å². The standard InChI is InChI=1S/C26H34O10/c1-15(9-10-33-20-12-18-17(11-19(20)32-3)7-8-22(28)35-18)5-4-6-16(2)14-34-26-25(31)24(30)23(29)21(13-27)36-26/h6-9,11-12,21,23-27,29-31H,4-5,10,13-14H2,1-3H3. The first kappa shape index (κ1) is 27.9. The van der Waals surface area contributed by atoms with Gasteiger partial charge < -0.3 is 43.8 Å². The van der Waals surface area contributed by atoms with Gasteiger partial charge in [-0.1, -0.05) is 17.2 Å². The van der Waals surface area contributed by atoms with Crippen molar-refractivity contribution in [3.8, 4) is 11.5 Å². The molecule has 198 valence electrons. The summed E-state index contributed by atoms with van der Waals surface area (Å²) in [7, 11) is 1.55. The van der Waals surface area contributed by atoms with Gasteiger partial charge in [-0.25, -0.2) is 4.79 Å². The van der Waals surface area contributed by atoms with Crippen LogP contribution in [0.5, 0.6) is 11.5 Å². The van der Waals surface area contributed by atoms with Crippen molar-refractivity contribution in [3.63, 3.8) is 0 Å². The van der Waals surface area contributed by atoms with Crippen LogP contribution in [0, 0.1) is 0 Å². The zero-order valence-electron chi connectivity index (χ0n) is 20.6. The molecule has 0 saturated carbocycles. The van der Waals surface area contributed by atoms with Crippen LogP contribution >= 0.6 is 0 Å². The van der Waals surface area contributed by atoms with Gasteiger partial charge in [-0.05, 0) is 44.9 Å². The lowest BCUT2D eigenvalue weighted by Gasteiger charge is -2.39. The van der Waals surface area contributed by atoms with Crippen molar-refractivity contribution in [2.24, 2.45) is 0 Å². The van der Waals surface area contributed by atoms with Crippen LogP contribution in [0.3, 0.4) is 0 Å². The molecule has 36 heavy (non-hydrogen) atoms. The van der Waals surface area contributed by atoms with Crippen LogP contribution in [0.2, 0.25) is 0 Å². The number of ether oxygens (including phenoxy) is 4. The number of methoxy groups -OCH3 is 1. The van der Waals surface area contributed by atoms with Crippen molar-refractivity contribution in [1.82, 2.24) is 0 Å². The van der Waals surface area contributed by atoms with Crippen LogP contribution in [0.25, 0.3) is 11.0 Å². The minimum Gasteiger partial charge on any atom is -0.493 e. The summed E-state index contributed by atoms with van der Waals surface area (Å²) >= 11 is 0. The molecule has 0 bridgehead atoms. The Labute approximate surface area is 209 Å². The Balaban J connectivity index is 1.47. The van der Waals surface area contributed by atoms with E-state index in [2.05, 4.69) is 0 Å². The Hall–Kier alpha value is -2.73. The van der Waals surface area contributed by atoms with E-state index in [4.69, 9.17) is 23.4 Å². The number of hydrogen-bond acceptors (Lipinski definition) is 10. The number of aliphatic hydroxyl groups excluding tert-OH is 4. The van der Waals surface area contributed by atoms with Crippen LogP contribution < -0.4 is 15.1 Å². The van der Waals surface area contributed by atoms with Crippen molar-refractivity contribution in [1.29, 1.82) is 0 Å². The van der Waals surface area contributed by atoms with Crippen molar-refractivity contribution >= 4 is 11.0 Å². The maximum Gasteiger partial charge on any atom is 0.336 e. The van der Waals surface area contributed by atoms with E-state index < -0.39 is 42.9 Å². The molecule has 2 aromatic rings. The second-order valence-corrected chi connectivity index (χ2v) is 8.75. The number of hydrogen-bond donors (Lipinski definition) is 4. The maximum atomic E-state index is 11.5. The molecule has 2 heterocycles. The largest absolute Gasteiger partial charge is 0.493 e. The first-order valence-corrected chi connectivity index (χ1v) is 11.7. The van der Waals surface area contributed by atoms with Crippen LogP contribution in [-0.2, 0) is 9.47 Å². The van der Waals surface area contributed by atoms with Crippen molar-refractivity contribution in [3.05, 3.63) is 58.0 Å². The first-order valence-electron chi connectivity index (χ1n) is 11.7. The summed E-state index contributed by atoms with van der Waals surface area (Å²) in [6, 6.07) is 6.41. The van der Waals surface area contributed by atoms with Gasteiger partial charge in [0.05, 0.1) is 20.3 Å². The summed E-state index contributed by atoms with van der Waals surface area (Å²) in [5.41, 5.74) is 2.00. The average Bonchev–Trinajstić information content (AvgIpc) is 2.86. The van der Waals surface area contributed by atoms with E-state index in [9.17, 15) is 25.2 Å². The normalized spacial score (nSPS) is 25.2. The summed E-state index contributed by atoms with van der Waals surface area (Å²) in [6.07, 6.45) is -0.964. The van der Waals surface area contributed by atoms with Gasteiger partial charge in [-0.15, -0.1) is 0 Å². The Morgan fingerprint density at radius 2 is 1.81 bits per heavy atom. The van der Waals surface area contributed by atoms with Crippen LogP contribution in [0.4, 0.5) is 0 Å². The van der Waals surface area contributed by atoms with E-state index in [0.717, 1.165) is 29.4 Å². The fourth-order valence-corrected chi connectivity index (χ4v) is 3.75. The predicted octanol–water partition coefficient (Wildman–Crippen LogP) is 1.67. The molecule has 1 aliphatic heterocycles. The third-order valence-electron chi connectivity index (χ3n) is 5.93. The minimum atomic E-state index is -1.46. The lowest BCUT2D eigenvalue weighted by molar-refractivity contribution is -0.299. The maximum absolute atomic E-state index is 11.5. The Bertz CT molecular complexity index is 1120. The second kappa shape index (κ2) is 13.0. The number of aliphatic hydroxyl groups is 4. The van der Waals surface area contributed by atoms with E-state index in [1.807, 2.05) is 26.0 Å². The molecule has 10 heteroatoms. The lowest BCUT2D eigenvalue weighted by Crippen LogP contribution is -2.59. The van der Waals surface area contributed by atoms with Gasteiger partial charge >= 0.3 is 5.63 Å². The van der Waals surface area contributed by atoms with Crippen molar-refractivity contribution in [2.45, 2.75) is 57.4 Å². The molecule has 1 fully saturated rings.